The Hall–Kier alpha value is -1.55. The molecular weight excluding hydrogens is 288 g/mol. The Kier molecular flexibility index (Phi) is 8.10. The molecule has 0 aliphatic heterocycles. The van der Waals surface area contributed by atoms with Crippen LogP contribution in [0.5, 0.6) is 0 Å². The van der Waals surface area contributed by atoms with E-state index in [0.717, 1.165) is 12.1 Å². The maximum absolute atomic E-state index is 11.6. The molecule has 0 saturated heterocycles. The molecule has 1 amide bonds. The van der Waals surface area contributed by atoms with E-state index in [-0.39, 0.29) is 6.09 Å². The van der Waals surface area contributed by atoms with Crippen LogP contribution in [-0.2, 0) is 17.8 Å². The summed E-state index contributed by atoms with van der Waals surface area (Å²) < 4.78 is 5.22. The van der Waals surface area contributed by atoms with Gasteiger partial charge in [-0.3, -0.25) is 0 Å². The van der Waals surface area contributed by atoms with E-state index < -0.39 is 5.60 Å². The van der Waals surface area contributed by atoms with Gasteiger partial charge in [0.2, 0.25) is 0 Å². The van der Waals surface area contributed by atoms with Crippen molar-refractivity contribution in [2.75, 3.05) is 0 Å². The standard InChI is InChI=1S/C19H32N2O2/c1-6-7-8-15(2)20-13-16-9-11-17(12-10-16)14-21-18(22)23-19(3,4)5/h9-12,15,20H,6-8,13-14H2,1-5H3,(H,21,22). The average Bonchev–Trinajstić information content (AvgIpc) is 2.48. The molecule has 0 saturated carbocycles. The first-order chi connectivity index (χ1) is 10.8. The van der Waals surface area contributed by atoms with Gasteiger partial charge >= 0.3 is 6.09 Å². The molecule has 0 radical (unpaired) electrons. The molecule has 4 nitrogen and oxygen atoms in total. The molecule has 23 heavy (non-hydrogen) atoms. The topological polar surface area (TPSA) is 50.4 Å². The van der Waals surface area contributed by atoms with Crippen LogP contribution < -0.4 is 10.6 Å². The normalized spacial score (nSPS) is 12.7. The van der Waals surface area contributed by atoms with E-state index in [1.807, 2.05) is 32.9 Å². The molecule has 130 valence electrons. The minimum Gasteiger partial charge on any atom is -0.444 e. The average molecular weight is 320 g/mol. The smallest absolute Gasteiger partial charge is 0.407 e. The fourth-order valence-corrected chi connectivity index (χ4v) is 2.17. The zero-order valence-corrected chi connectivity index (χ0v) is 15.2. The van der Waals surface area contributed by atoms with E-state index in [2.05, 4.69) is 36.6 Å². The van der Waals surface area contributed by atoms with Crippen LogP contribution >= 0.6 is 0 Å². The van der Waals surface area contributed by atoms with Crippen molar-refractivity contribution >= 4 is 6.09 Å². The first-order valence-electron chi connectivity index (χ1n) is 8.58. The molecule has 0 spiro atoms. The van der Waals surface area contributed by atoms with Crippen LogP contribution in [0.3, 0.4) is 0 Å². The van der Waals surface area contributed by atoms with Crippen LogP contribution in [0.4, 0.5) is 4.79 Å². The number of ether oxygens (including phenoxy) is 1. The molecule has 0 bridgehead atoms. The van der Waals surface area contributed by atoms with Crippen molar-refractivity contribution in [1.29, 1.82) is 0 Å². The molecule has 1 aromatic carbocycles. The van der Waals surface area contributed by atoms with Crippen LogP contribution in [0, 0.1) is 0 Å². The molecule has 1 atom stereocenters. The lowest BCUT2D eigenvalue weighted by atomic mass is 10.1. The molecule has 4 heteroatoms. The zero-order valence-electron chi connectivity index (χ0n) is 15.2. The summed E-state index contributed by atoms with van der Waals surface area (Å²) >= 11 is 0. The second-order valence-corrected chi connectivity index (χ2v) is 7.10. The van der Waals surface area contributed by atoms with Crippen molar-refractivity contribution in [3.05, 3.63) is 35.4 Å². The van der Waals surface area contributed by atoms with Gasteiger partial charge in [0, 0.05) is 19.1 Å². The van der Waals surface area contributed by atoms with Gasteiger partial charge < -0.3 is 15.4 Å². The fraction of sp³-hybridized carbons (Fsp3) is 0.632. The second kappa shape index (κ2) is 9.56. The predicted molar refractivity (Wildman–Crippen MR) is 95.3 cm³/mol. The number of benzene rings is 1. The SMILES string of the molecule is CCCCC(C)NCc1ccc(CNC(=O)OC(C)(C)C)cc1. The van der Waals surface area contributed by atoms with Crippen molar-refractivity contribution in [2.45, 2.75) is 78.6 Å². The molecule has 1 aromatic rings. The van der Waals surface area contributed by atoms with Crippen LogP contribution in [0.15, 0.2) is 24.3 Å². The van der Waals surface area contributed by atoms with Gasteiger partial charge in [0.05, 0.1) is 0 Å². The highest BCUT2D eigenvalue weighted by Gasteiger charge is 2.15. The molecule has 0 aromatic heterocycles. The lowest BCUT2D eigenvalue weighted by Crippen LogP contribution is -2.32. The Balaban J connectivity index is 2.34. The number of carbonyl (C=O) groups excluding carboxylic acids is 1. The number of nitrogens with one attached hydrogen (secondary N) is 2. The summed E-state index contributed by atoms with van der Waals surface area (Å²) in [5, 5.41) is 6.31. The Morgan fingerprint density at radius 3 is 2.22 bits per heavy atom. The first-order valence-corrected chi connectivity index (χ1v) is 8.58. The van der Waals surface area contributed by atoms with Crippen molar-refractivity contribution in [1.82, 2.24) is 10.6 Å². The lowest BCUT2D eigenvalue weighted by Gasteiger charge is -2.19. The molecule has 1 rings (SSSR count). The zero-order chi connectivity index (χ0) is 17.3. The second-order valence-electron chi connectivity index (χ2n) is 7.10. The third-order valence-electron chi connectivity index (χ3n) is 3.50. The predicted octanol–water partition coefficient (Wildman–Crippen LogP) is 4.38. The van der Waals surface area contributed by atoms with Crippen molar-refractivity contribution < 1.29 is 9.53 Å². The number of hydrogen-bond donors (Lipinski definition) is 2. The van der Waals surface area contributed by atoms with Gasteiger partial charge in [0.1, 0.15) is 5.60 Å². The number of amides is 1. The number of carbonyl (C=O) groups is 1. The van der Waals surface area contributed by atoms with Gasteiger partial charge in [-0.25, -0.2) is 4.79 Å². The summed E-state index contributed by atoms with van der Waals surface area (Å²) in [4.78, 5) is 11.6. The van der Waals surface area contributed by atoms with Gasteiger partial charge in [0.25, 0.3) is 0 Å². The lowest BCUT2D eigenvalue weighted by molar-refractivity contribution is 0.0523. The van der Waals surface area contributed by atoms with Gasteiger partial charge in [-0.2, -0.15) is 0 Å². The van der Waals surface area contributed by atoms with Gasteiger partial charge in [0.15, 0.2) is 0 Å². The van der Waals surface area contributed by atoms with E-state index in [1.165, 1.54) is 24.8 Å². The summed E-state index contributed by atoms with van der Waals surface area (Å²) in [5.41, 5.74) is 1.86. The third kappa shape index (κ3) is 9.24. The summed E-state index contributed by atoms with van der Waals surface area (Å²) in [6, 6.07) is 8.84. The summed E-state index contributed by atoms with van der Waals surface area (Å²) in [5.74, 6) is 0. The molecule has 2 N–H and O–H groups in total. The third-order valence-corrected chi connectivity index (χ3v) is 3.50. The minimum atomic E-state index is -0.464. The number of rotatable bonds is 8. The Morgan fingerprint density at radius 2 is 1.70 bits per heavy atom. The molecular formula is C19H32N2O2. The van der Waals surface area contributed by atoms with Crippen molar-refractivity contribution in [3.8, 4) is 0 Å². The maximum atomic E-state index is 11.6. The maximum Gasteiger partial charge on any atom is 0.407 e. The Morgan fingerprint density at radius 1 is 1.13 bits per heavy atom. The highest BCUT2D eigenvalue weighted by molar-refractivity contribution is 5.67. The van der Waals surface area contributed by atoms with Gasteiger partial charge in [-0.1, -0.05) is 44.0 Å². The Labute approximate surface area is 141 Å². The molecule has 0 heterocycles. The van der Waals surface area contributed by atoms with Crippen molar-refractivity contribution in [3.63, 3.8) is 0 Å². The summed E-state index contributed by atoms with van der Waals surface area (Å²) in [7, 11) is 0. The largest absolute Gasteiger partial charge is 0.444 e. The van der Waals surface area contributed by atoms with Gasteiger partial charge in [-0.05, 0) is 45.2 Å². The molecule has 0 aliphatic rings. The number of alkyl carbamates (subject to hydrolysis) is 1. The number of unbranched alkanes of at least 4 members (excludes halogenated alkanes) is 1. The van der Waals surface area contributed by atoms with E-state index in [4.69, 9.17) is 4.74 Å². The van der Waals surface area contributed by atoms with Crippen LogP contribution in [-0.4, -0.2) is 17.7 Å². The Bertz CT molecular complexity index is 463. The highest BCUT2D eigenvalue weighted by Crippen LogP contribution is 2.08. The highest BCUT2D eigenvalue weighted by atomic mass is 16.6. The minimum absolute atomic E-state index is 0.381. The quantitative estimate of drug-likeness (QED) is 0.747. The number of hydrogen-bond acceptors (Lipinski definition) is 3. The first kappa shape index (κ1) is 19.5. The van der Waals surface area contributed by atoms with Crippen LogP contribution in [0.2, 0.25) is 0 Å². The fourth-order valence-electron chi connectivity index (χ4n) is 2.17. The van der Waals surface area contributed by atoms with E-state index in [9.17, 15) is 4.79 Å². The summed E-state index contributed by atoms with van der Waals surface area (Å²) in [6.07, 6.45) is 3.34. The van der Waals surface area contributed by atoms with Crippen LogP contribution in [0.25, 0.3) is 0 Å². The van der Waals surface area contributed by atoms with E-state index >= 15 is 0 Å². The van der Waals surface area contributed by atoms with Crippen LogP contribution in [0.1, 0.15) is 65.0 Å². The van der Waals surface area contributed by atoms with E-state index in [1.54, 1.807) is 0 Å². The molecule has 0 fully saturated rings. The van der Waals surface area contributed by atoms with Crippen molar-refractivity contribution in [2.24, 2.45) is 0 Å². The summed E-state index contributed by atoms with van der Waals surface area (Å²) in [6.45, 7) is 11.4. The van der Waals surface area contributed by atoms with E-state index in [0.29, 0.717) is 12.6 Å². The monoisotopic (exact) mass is 320 g/mol. The molecule has 0 aliphatic carbocycles. The molecule has 1 unspecified atom stereocenters. The van der Waals surface area contributed by atoms with Gasteiger partial charge in [-0.15, -0.1) is 0 Å².